The van der Waals surface area contributed by atoms with Gasteiger partial charge in [0.25, 0.3) is 0 Å². The minimum atomic E-state index is -0.988. The fourth-order valence-corrected chi connectivity index (χ4v) is 3.49. The predicted octanol–water partition coefficient (Wildman–Crippen LogP) is 3.88. The lowest BCUT2D eigenvalue weighted by atomic mass is 10.1. The molecule has 5 N–H and O–H groups in total. The van der Waals surface area contributed by atoms with E-state index >= 15 is 0 Å². The molecule has 1 unspecified atom stereocenters. The van der Waals surface area contributed by atoms with Crippen LogP contribution in [0.15, 0.2) is 12.2 Å². The fourth-order valence-electron chi connectivity index (χ4n) is 3.49. The van der Waals surface area contributed by atoms with Gasteiger partial charge in [-0.15, -0.1) is 0 Å². The lowest BCUT2D eigenvalue weighted by Crippen LogP contribution is -2.38. The Hall–Kier alpha value is -1.48. The van der Waals surface area contributed by atoms with E-state index in [-0.39, 0.29) is 25.7 Å². The molecule has 0 aromatic carbocycles. The van der Waals surface area contributed by atoms with Gasteiger partial charge in [-0.2, -0.15) is 0 Å². The first-order valence-corrected chi connectivity index (χ1v) is 13.6. The molecular weight excluding hydrogens is 448 g/mol. The van der Waals surface area contributed by atoms with Gasteiger partial charge in [0.15, 0.2) is 0 Å². The third kappa shape index (κ3) is 28.6. The summed E-state index contributed by atoms with van der Waals surface area (Å²) in [4.78, 5) is 23.9. The highest BCUT2D eigenvalue weighted by Gasteiger charge is 2.13. The largest absolute Gasteiger partial charge is 0.480 e. The van der Waals surface area contributed by atoms with Gasteiger partial charge in [0.1, 0.15) is 6.04 Å². The zero-order valence-electron chi connectivity index (χ0n) is 22.4. The van der Waals surface area contributed by atoms with Crippen molar-refractivity contribution in [3.05, 3.63) is 12.2 Å². The highest BCUT2D eigenvalue weighted by atomic mass is 16.4. The van der Waals surface area contributed by atoms with Crippen molar-refractivity contribution in [3.8, 4) is 0 Å². The molecule has 0 saturated heterocycles. The van der Waals surface area contributed by atoms with Crippen molar-refractivity contribution >= 4 is 11.9 Å². The SMILES string of the molecule is CCCCCCCC/C=C\CCCCCCCC(=O)NC(C)C(=O)O.OCCN(CCO)CCO. The number of rotatable bonds is 23. The Kier molecular flexibility index (Phi) is 29.3. The zero-order chi connectivity index (χ0) is 26.6. The van der Waals surface area contributed by atoms with Crippen LogP contribution in [0.2, 0.25) is 0 Å². The molecule has 208 valence electrons. The molecule has 0 aliphatic carbocycles. The van der Waals surface area contributed by atoms with E-state index in [9.17, 15) is 9.59 Å². The van der Waals surface area contributed by atoms with E-state index in [0.29, 0.717) is 26.1 Å². The molecule has 0 bridgehead atoms. The van der Waals surface area contributed by atoms with E-state index in [1.807, 2.05) is 0 Å². The van der Waals surface area contributed by atoms with E-state index < -0.39 is 12.0 Å². The molecule has 0 aromatic rings. The highest BCUT2D eigenvalue weighted by molar-refractivity contribution is 5.83. The number of nitrogens with zero attached hydrogens (tertiary/aromatic N) is 1. The van der Waals surface area contributed by atoms with Crippen LogP contribution in [-0.2, 0) is 9.59 Å². The lowest BCUT2D eigenvalue weighted by Gasteiger charge is -2.17. The Morgan fingerprint density at radius 1 is 0.743 bits per heavy atom. The number of nitrogens with one attached hydrogen (secondary N) is 1. The maximum absolute atomic E-state index is 11.5. The quantitative estimate of drug-likeness (QED) is 0.106. The number of carboxylic acids is 1. The molecule has 0 saturated carbocycles. The van der Waals surface area contributed by atoms with Crippen LogP contribution in [-0.4, -0.2) is 82.7 Å². The molecule has 1 atom stereocenters. The molecule has 8 nitrogen and oxygen atoms in total. The summed E-state index contributed by atoms with van der Waals surface area (Å²) in [6, 6.07) is -0.796. The molecule has 0 aromatic heterocycles. The summed E-state index contributed by atoms with van der Waals surface area (Å²) in [6.45, 7) is 5.49. The van der Waals surface area contributed by atoms with Gasteiger partial charge in [0, 0.05) is 26.1 Å². The molecule has 0 radical (unpaired) electrons. The van der Waals surface area contributed by atoms with Crippen LogP contribution < -0.4 is 5.32 Å². The molecule has 0 fully saturated rings. The second-order valence-corrected chi connectivity index (χ2v) is 8.97. The predicted molar refractivity (Wildman–Crippen MR) is 142 cm³/mol. The van der Waals surface area contributed by atoms with Crippen LogP contribution in [0.25, 0.3) is 0 Å². The van der Waals surface area contributed by atoms with Gasteiger partial charge in [-0.05, 0) is 39.0 Å². The Bertz CT molecular complexity index is 488. The van der Waals surface area contributed by atoms with Crippen molar-refractivity contribution in [2.45, 2.75) is 110 Å². The standard InChI is InChI=1S/C21H39NO3.C6H15NO3/c1-3-4-5-6-7-8-9-10-11-12-13-14-15-16-17-18-20(23)22-19(2)21(24)25;8-4-1-7(2-5-9)3-6-10/h10-11,19H,3-9,12-18H2,1-2H3,(H,22,23)(H,24,25);8-10H,1-6H2/b11-10-;. The number of amides is 1. The van der Waals surface area contributed by atoms with Crippen molar-refractivity contribution in [3.63, 3.8) is 0 Å². The molecule has 8 heteroatoms. The first-order valence-electron chi connectivity index (χ1n) is 13.6. The monoisotopic (exact) mass is 502 g/mol. The molecule has 0 rings (SSSR count). The van der Waals surface area contributed by atoms with Gasteiger partial charge in [-0.1, -0.05) is 70.4 Å². The first kappa shape index (κ1) is 35.7. The number of hydrogen-bond donors (Lipinski definition) is 5. The number of aliphatic hydroxyl groups excluding tert-OH is 3. The second kappa shape index (κ2) is 28.8. The van der Waals surface area contributed by atoms with Gasteiger partial charge >= 0.3 is 5.97 Å². The Morgan fingerprint density at radius 2 is 1.17 bits per heavy atom. The van der Waals surface area contributed by atoms with Crippen LogP contribution in [0.5, 0.6) is 0 Å². The zero-order valence-corrected chi connectivity index (χ0v) is 22.4. The Morgan fingerprint density at radius 3 is 1.60 bits per heavy atom. The van der Waals surface area contributed by atoms with Crippen LogP contribution in [0.4, 0.5) is 0 Å². The normalized spacial score (nSPS) is 11.9. The summed E-state index contributed by atoms with van der Waals surface area (Å²) in [5, 5.41) is 36.7. The fraction of sp³-hybridized carbons (Fsp3) is 0.852. The molecule has 0 aliphatic rings. The number of allylic oxidation sites excluding steroid dienone is 2. The number of carbonyl (C=O) groups is 2. The Labute approximate surface area is 213 Å². The number of aliphatic hydroxyl groups is 3. The van der Waals surface area contributed by atoms with E-state index in [4.69, 9.17) is 20.4 Å². The number of carboxylic acid groups (broad SMARTS) is 1. The number of aliphatic carboxylic acids is 1. The van der Waals surface area contributed by atoms with Crippen molar-refractivity contribution in [1.29, 1.82) is 0 Å². The maximum Gasteiger partial charge on any atom is 0.325 e. The average molecular weight is 503 g/mol. The third-order valence-corrected chi connectivity index (χ3v) is 5.66. The molecule has 0 heterocycles. The number of carbonyl (C=O) groups excluding carboxylic acids is 1. The van der Waals surface area contributed by atoms with E-state index in [0.717, 1.165) is 25.7 Å². The molecule has 1 amide bonds. The maximum atomic E-state index is 11.5. The Balaban J connectivity index is 0. The summed E-state index contributed by atoms with van der Waals surface area (Å²) in [5.74, 6) is -1.15. The second-order valence-electron chi connectivity index (χ2n) is 8.97. The van der Waals surface area contributed by atoms with Gasteiger partial charge in [0.2, 0.25) is 5.91 Å². The summed E-state index contributed by atoms with van der Waals surface area (Å²) < 4.78 is 0. The summed E-state index contributed by atoms with van der Waals surface area (Å²) in [6.07, 6.45) is 21.0. The summed E-state index contributed by atoms with van der Waals surface area (Å²) in [5.41, 5.74) is 0. The van der Waals surface area contributed by atoms with Crippen LogP contribution >= 0.6 is 0 Å². The summed E-state index contributed by atoms with van der Waals surface area (Å²) >= 11 is 0. The van der Waals surface area contributed by atoms with Crippen LogP contribution in [0.3, 0.4) is 0 Å². The van der Waals surface area contributed by atoms with Crippen molar-refractivity contribution in [2.75, 3.05) is 39.5 Å². The third-order valence-electron chi connectivity index (χ3n) is 5.66. The minimum Gasteiger partial charge on any atom is -0.480 e. The smallest absolute Gasteiger partial charge is 0.325 e. The molecule has 0 spiro atoms. The van der Waals surface area contributed by atoms with Gasteiger partial charge in [0.05, 0.1) is 19.8 Å². The number of hydrogen-bond acceptors (Lipinski definition) is 6. The molecule has 35 heavy (non-hydrogen) atoms. The minimum absolute atomic E-state index is 0.0694. The van der Waals surface area contributed by atoms with Crippen molar-refractivity contribution in [1.82, 2.24) is 10.2 Å². The van der Waals surface area contributed by atoms with Crippen LogP contribution in [0.1, 0.15) is 104 Å². The van der Waals surface area contributed by atoms with E-state index in [2.05, 4.69) is 24.4 Å². The summed E-state index contributed by atoms with van der Waals surface area (Å²) in [7, 11) is 0. The van der Waals surface area contributed by atoms with E-state index in [1.54, 1.807) is 4.90 Å². The topological polar surface area (TPSA) is 130 Å². The van der Waals surface area contributed by atoms with Crippen molar-refractivity contribution in [2.24, 2.45) is 0 Å². The van der Waals surface area contributed by atoms with Gasteiger partial charge in [-0.25, -0.2) is 0 Å². The van der Waals surface area contributed by atoms with Crippen molar-refractivity contribution < 1.29 is 30.0 Å². The lowest BCUT2D eigenvalue weighted by molar-refractivity contribution is -0.141. The molecule has 0 aliphatic heterocycles. The van der Waals surface area contributed by atoms with Gasteiger partial charge in [-0.3, -0.25) is 14.5 Å². The average Bonchev–Trinajstić information content (AvgIpc) is 2.82. The molecular formula is C27H54N2O6. The van der Waals surface area contributed by atoms with Gasteiger partial charge < -0.3 is 25.7 Å². The van der Waals surface area contributed by atoms with Crippen LogP contribution in [0, 0.1) is 0 Å². The number of unbranched alkanes of at least 4 members (excludes halogenated alkanes) is 11. The van der Waals surface area contributed by atoms with E-state index in [1.165, 1.54) is 64.7 Å². The highest BCUT2D eigenvalue weighted by Crippen LogP contribution is 2.10. The first-order chi connectivity index (χ1) is 16.9.